The molecule has 72 valence electrons. The van der Waals surface area contributed by atoms with Crippen molar-refractivity contribution in [2.75, 3.05) is 14.2 Å². The van der Waals surface area contributed by atoms with Crippen LogP contribution in [-0.2, 0) is 0 Å². The third-order valence-electron chi connectivity index (χ3n) is 1.66. The Morgan fingerprint density at radius 2 is 1.69 bits per heavy atom. The van der Waals surface area contributed by atoms with Gasteiger partial charge in [-0.05, 0) is 18.2 Å². The van der Waals surface area contributed by atoms with Gasteiger partial charge in [-0.15, -0.1) is 0 Å². The van der Waals surface area contributed by atoms with Crippen LogP contribution in [0.4, 0.5) is 8.78 Å². The van der Waals surface area contributed by atoms with Gasteiger partial charge in [-0.1, -0.05) is 0 Å². The van der Waals surface area contributed by atoms with Gasteiger partial charge in [-0.2, -0.15) is 0 Å². The molecular formula is C9H10F2O2. The molecule has 0 saturated heterocycles. The van der Waals surface area contributed by atoms with Crippen LogP contribution >= 0.6 is 0 Å². The van der Waals surface area contributed by atoms with Crippen LogP contribution in [0.15, 0.2) is 18.2 Å². The van der Waals surface area contributed by atoms with Crippen molar-refractivity contribution >= 4 is 0 Å². The fraction of sp³-hybridized carbons (Fsp3) is 0.333. The Kier molecular flexibility index (Phi) is 3.06. The Balaban J connectivity index is 3.05. The molecule has 0 spiro atoms. The quantitative estimate of drug-likeness (QED) is 0.725. The highest BCUT2D eigenvalue weighted by Gasteiger charge is 2.10. The zero-order valence-corrected chi connectivity index (χ0v) is 7.38. The molecule has 0 N–H and O–H groups in total. The summed E-state index contributed by atoms with van der Waals surface area (Å²) in [7, 11) is 2.87. The van der Waals surface area contributed by atoms with Crippen molar-refractivity contribution in [3.8, 4) is 11.5 Å². The van der Waals surface area contributed by atoms with E-state index >= 15 is 0 Å². The smallest absolute Gasteiger partial charge is 0.263 e. The molecule has 4 heteroatoms. The molecule has 0 aromatic heterocycles. The van der Waals surface area contributed by atoms with E-state index in [9.17, 15) is 8.78 Å². The first-order chi connectivity index (χ1) is 6.19. The molecule has 0 radical (unpaired) electrons. The highest BCUT2D eigenvalue weighted by Crippen LogP contribution is 2.31. The molecule has 0 aliphatic rings. The van der Waals surface area contributed by atoms with Crippen molar-refractivity contribution in [2.45, 2.75) is 6.43 Å². The van der Waals surface area contributed by atoms with E-state index < -0.39 is 6.43 Å². The minimum atomic E-state index is -2.49. The maximum Gasteiger partial charge on any atom is 0.263 e. The lowest BCUT2D eigenvalue weighted by Gasteiger charge is -2.08. The number of benzene rings is 1. The fourth-order valence-corrected chi connectivity index (χ4v) is 0.989. The summed E-state index contributed by atoms with van der Waals surface area (Å²) >= 11 is 0. The molecule has 0 saturated carbocycles. The van der Waals surface area contributed by atoms with E-state index in [2.05, 4.69) is 0 Å². The van der Waals surface area contributed by atoms with Gasteiger partial charge in [-0.3, -0.25) is 0 Å². The second-order valence-corrected chi connectivity index (χ2v) is 2.42. The molecule has 0 aliphatic carbocycles. The third-order valence-corrected chi connectivity index (χ3v) is 1.66. The molecule has 2 nitrogen and oxygen atoms in total. The molecule has 1 aromatic rings. The Bertz CT molecular complexity index is 287. The lowest BCUT2D eigenvalue weighted by Crippen LogP contribution is -1.92. The summed E-state index contributed by atoms with van der Waals surface area (Å²) in [5, 5.41) is 0. The zero-order valence-electron chi connectivity index (χ0n) is 7.38. The highest BCUT2D eigenvalue weighted by molar-refractivity contribution is 5.43. The first-order valence-electron chi connectivity index (χ1n) is 3.69. The summed E-state index contributed by atoms with van der Waals surface area (Å²) in [5.41, 5.74) is -0.0716. The van der Waals surface area contributed by atoms with E-state index in [0.29, 0.717) is 11.5 Å². The minimum absolute atomic E-state index is 0.0716. The molecule has 0 atom stereocenters. The predicted molar refractivity (Wildman–Crippen MR) is 44.5 cm³/mol. The van der Waals surface area contributed by atoms with E-state index in [1.54, 1.807) is 0 Å². The van der Waals surface area contributed by atoms with Gasteiger partial charge in [0.05, 0.1) is 14.2 Å². The second kappa shape index (κ2) is 4.07. The van der Waals surface area contributed by atoms with Crippen molar-refractivity contribution in [1.29, 1.82) is 0 Å². The van der Waals surface area contributed by atoms with Gasteiger partial charge in [-0.25, -0.2) is 8.78 Å². The van der Waals surface area contributed by atoms with E-state index in [1.807, 2.05) is 0 Å². The van der Waals surface area contributed by atoms with Crippen molar-refractivity contribution in [1.82, 2.24) is 0 Å². The third kappa shape index (κ3) is 2.08. The SMILES string of the molecule is COc1ccc(C(F)F)cc1OC. The van der Waals surface area contributed by atoms with E-state index in [1.165, 1.54) is 32.4 Å². The standard InChI is InChI=1S/C9H10F2O2/c1-12-7-4-3-6(9(10)11)5-8(7)13-2/h3-5,9H,1-2H3. The molecule has 1 rings (SSSR count). The molecule has 1 aromatic carbocycles. The molecule has 0 unspecified atom stereocenters. The van der Waals surface area contributed by atoms with Gasteiger partial charge in [0.1, 0.15) is 0 Å². The predicted octanol–water partition coefficient (Wildman–Crippen LogP) is 2.64. The zero-order chi connectivity index (χ0) is 9.84. The van der Waals surface area contributed by atoms with Gasteiger partial charge in [0.2, 0.25) is 0 Å². The normalized spacial score (nSPS) is 10.2. The highest BCUT2D eigenvalue weighted by atomic mass is 19.3. The van der Waals surface area contributed by atoms with Gasteiger partial charge >= 0.3 is 0 Å². The summed E-state index contributed by atoms with van der Waals surface area (Å²) in [6.07, 6.45) is -2.49. The average Bonchev–Trinajstić information content (AvgIpc) is 2.16. The Labute approximate surface area is 75.1 Å². The van der Waals surface area contributed by atoms with Crippen LogP contribution in [0.3, 0.4) is 0 Å². The number of ether oxygens (including phenoxy) is 2. The lowest BCUT2D eigenvalue weighted by molar-refractivity contribution is 0.151. The minimum Gasteiger partial charge on any atom is -0.493 e. The Morgan fingerprint density at radius 1 is 1.08 bits per heavy atom. The van der Waals surface area contributed by atoms with Crippen molar-refractivity contribution in [3.63, 3.8) is 0 Å². The molecule has 0 amide bonds. The van der Waals surface area contributed by atoms with E-state index in [-0.39, 0.29) is 5.56 Å². The number of alkyl halides is 2. The molecule has 13 heavy (non-hydrogen) atoms. The largest absolute Gasteiger partial charge is 0.493 e. The van der Waals surface area contributed by atoms with Crippen molar-refractivity contribution < 1.29 is 18.3 Å². The van der Waals surface area contributed by atoms with Crippen molar-refractivity contribution in [2.24, 2.45) is 0 Å². The van der Waals surface area contributed by atoms with E-state index in [4.69, 9.17) is 9.47 Å². The van der Waals surface area contributed by atoms with Crippen LogP contribution in [0.5, 0.6) is 11.5 Å². The molecular weight excluding hydrogens is 178 g/mol. The number of methoxy groups -OCH3 is 2. The monoisotopic (exact) mass is 188 g/mol. The molecule has 0 bridgehead atoms. The molecule has 0 aliphatic heterocycles. The van der Waals surface area contributed by atoms with Crippen LogP contribution in [0.1, 0.15) is 12.0 Å². The Morgan fingerprint density at radius 3 is 2.15 bits per heavy atom. The lowest BCUT2D eigenvalue weighted by atomic mass is 10.2. The first kappa shape index (κ1) is 9.77. The number of rotatable bonds is 3. The molecule has 0 heterocycles. The maximum absolute atomic E-state index is 12.2. The van der Waals surface area contributed by atoms with Crippen LogP contribution in [0.25, 0.3) is 0 Å². The fourth-order valence-electron chi connectivity index (χ4n) is 0.989. The second-order valence-electron chi connectivity index (χ2n) is 2.42. The van der Waals surface area contributed by atoms with E-state index in [0.717, 1.165) is 0 Å². The summed E-state index contributed by atoms with van der Waals surface area (Å²) in [6.45, 7) is 0. The average molecular weight is 188 g/mol. The van der Waals surface area contributed by atoms with Crippen LogP contribution in [-0.4, -0.2) is 14.2 Å². The number of halogens is 2. The number of hydrogen-bond acceptors (Lipinski definition) is 2. The van der Waals surface area contributed by atoms with Gasteiger partial charge in [0.25, 0.3) is 6.43 Å². The van der Waals surface area contributed by atoms with Crippen LogP contribution in [0.2, 0.25) is 0 Å². The van der Waals surface area contributed by atoms with Crippen LogP contribution in [0, 0.1) is 0 Å². The van der Waals surface area contributed by atoms with Crippen LogP contribution < -0.4 is 9.47 Å². The van der Waals surface area contributed by atoms with Gasteiger partial charge in [0, 0.05) is 5.56 Å². The first-order valence-corrected chi connectivity index (χ1v) is 3.69. The maximum atomic E-state index is 12.2. The topological polar surface area (TPSA) is 18.5 Å². The summed E-state index contributed by atoms with van der Waals surface area (Å²) in [4.78, 5) is 0. The Hall–Kier alpha value is -1.32. The number of hydrogen-bond donors (Lipinski definition) is 0. The summed E-state index contributed by atoms with van der Waals surface area (Å²) < 4.78 is 34.2. The summed E-state index contributed by atoms with van der Waals surface area (Å²) in [6, 6.07) is 4.04. The molecule has 0 fully saturated rings. The van der Waals surface area contributed by atoms with Gasteiger partial charge < -0.3 is 9.47 Å². The summed E-state index contributed by atoms with van der Waals surface area (Å²) in [5.74, 6) is 0.771. The van der Waals surface area contributed by atoms with Crippen molar-refractivity contribution in [3.05, 3.63) is 23.8 Å². The van der Waals surface area contributed by atoms with Gasteiger partial charge in [0.15, 0.2) is 11.5 Å².